The molecule has 2 heteroatoms. The molecule has 0 rings (SSSR count). The summed E-state index contributed by atoms with van der Waals surface area (Å²) in [5.74, 6) is 2.54. The van der Waals surface area contributed by atoms with Gasteiger partial charge >= 0.3 is 5.97 Å². The third-order valence-corrected chi connectivity index (χ3v) is 10.8. The van der Waals surface area contributed by atoms with E-state index < -0.39 is 0 Å². The number of carbonyl (C=O) groups excluding carboxylic acids is 1. The second-order valence-corrected chi connectivity index (χ2v) is 16.6. The van der Waals surface area contributed by atoms with Crippen LogP contribution in [0.25, 0.3) is 0 Å². The monoisotopic (exact) mass is 675 g/mol. The smallest absolute Gasteiger partial charge is 0.306 e. The van der Waals surface area contributed by atoms with Crippen LogP contribution in [-0.2, 0) is 9.53 Å². The van der Waals surface area contributed by atoms with E-state index in [1.165, 1.54) is 192 Å². The van der Waals surface area contributed by atoms with E-state index in [2.05, 4.69) is 47.6 Å². The van der Waals surface area contributed by atoms with E-state index >= 15 is 0 Å². The molecule has 2 nitrogen and oxygen atoms in total. The van der Waals surface area contributed by atoms with Gasteiger partial charge in [0.05, 0.1) is 0 Å². The molecule has 0 radical (unpaired) electrons. The Morgan fingerprint density at radius 3 is 1.21 bits per heavy atom. The summed E-state index contributed by atoms with van der Waals surface area (Å²) in [6.07, 6.45) is 46.8. The maximum Gasteiger partial charge on any atom is 0.306 e. The van der Waals surface area contributed by atoms with Crippen LogP contribution in [-0.4, -0.2) is 12.6 Å². The molecule has 2 atom stereocenters. The highest BCUT2D eigenvalue weighted by Gasteiger charge is 2.07. The zero-order valence-corrected chi connectivity index (χ0v) is 34.2. The molecule has 0 aromatic carbocycles. The van der Waals surface area contributed by atoms with E-state index in [1.54, 1.807) is 0 Å². The van der Waals surface area contributed by atoms with Crippen LogP contribution >= 0.6 is 0 Å². The largest absolute Gasteiger partial charge is 0.461 e. The summed E-state index contributed by atoms with van der Waals surface area (Å²) in [6, 6.07) is 0. The molecule has 0 saturated heterocycles. The van der Waals surface area contributed by atoms with Crippen LogP contribution in [0.2, 0.25) is 0 Å². The average Bonchev–Trinajstić information content (AvgIpc) is 3.05. The van der Waals surface area contributed by atoms with E-state index in [9.17, 15) is 4.79 Å². The molecular weight excluding hydrogens is 585 g/mol. The Morgan fingerprint density at radius 1 is 0.458 bits per heavy atom. The van der Waals surface area contributed by atoms with E-state index in [-0.39, 0.29) is 5.97 Å². The lowest BCUT2D eigenvalue weighted by molar-refractivity contribution is -0.142. The molecule has 0 aromatic heterocycles. The molecule has 0 aliphatic rings. The number of hydrogen-bond acceptors (Lipinski definition) is 2. The van der Waals surface area contributed by atoms with Gasteiger partial charge in [0.2, 0.25) is 0 Å². The van der Waals surface area contributed by atoms with Crippen LogP contribution < -0.4 is 0 Å². The van der Waals surface area contributed by atoms with Crippen LogP contribution in [0.3, 0.4) is 0 Å². The number of hydrogen-bond donors (Lipinski definition) is 0. The second kappa shape index (κ2) is 37.5. The molecule has 48 heavy (non-hydrogen) atoms. The van der Waals surface area contributed by atoms with Gasteiger partial charge in [-0.3, -0.25) is 4.79 Å². The minimum atomic E-state index is -0.0189. The van der Waals surface area contributed by atoms with Crippen LogP contribution in [0, 0.1) is 17.8 Å². The molecule has 0 fully saturated rings. The topological polar surface area (TPSA) is 26.3 Å². The fraction of sp³-hybridized carbons (Fsp3) is 0.935. The van der Waals surface area contributed by atoms with Crippen molar-refractivity contribution in [1.29, 1.82) is 0 Å². The third-order valence-electron chi connectivity index (χ3n) is 10.8. The van der Waals surface area contributed by atoms with E-state index in [0.29, 0.717) is 13.0 Å². The number of allylic oxidation sites excluding steroid dienone is 1. The van der Waals surface area contributed by atoms with E-state index in [0.717, 1.165) is 37.0 Å². The summed E-state index contributed by atoms with van der Waals surface area (Å²) in [6.45, 7) is 14.5. The third kappa shape index (κ3) is 38.0. The van der Waals surface area contributed by atoms with Crippen molar-refractivity contribution in [2.75, 3.05) is 6.61 Å². The first-order chi connectivity index (χ1) is 23.3. The maximum absolute atomic E-state index is 12.1. The molecule has 0 heterocycles. The maximum atomic E-state index is 12.1. The Kier molecular flexibility index (Phi) is 36.8. The first-order valence-corrected chi connectivity index (χ1v) is 22.2. The lowest BCUT2D eigenvalue weighted by Gasteiger charge is -2.15. The van der Waals surface area contributed by atoms with Gasteiger partial charge in [0.25, 0.3) is 0 Å². The Balaban J connectivity index is 3.41. The SMILES string of the molecule is CCCCCCCCCCCCCCCCCCCCCCCCCC(=O)OC/C=C(\C)CCC[C@H](C)CCC[C@H](C)CCCC(C)C. The molecular formula is C46H90O2. The van der Waals surface area contributed by atoms with Gasteiger partial charge in [-0.1, -0.05) is 226 Å². The van der Waals surface area contributed by atoms with Gasteiger partial charge in [-0.2, -0.15) is 0 Å². The molecule has 0 saturated carbocycles. The summed E-state index contributed by atoms with van der Waals surface area (Å²) >= 11 is 0. The van der Waals surface area contributed by atoms with E-state index in [4.69, 9.17) is 4.74 Å². The fourth-order valence-corrected chi connectivity index (χ4v) is 7.21. The first kappa shape index (κ1) is 47.2. The number of carbonyl (C=O) groups is 1. The van der Waals surface area contributed by atoms with Crippen molar-refractivity contribution in [2.24, 2.45) is 17.8 Å². The Labute approximate surface area is 304 Å². The molecule has 0 unspecified atom stereocenters. The van der Waals surface area contributed by atoms with Gasteiger partial charge in [0.15, 0.2) is 0 Å². The van der Waals surface area contributed by atoms with Crippen molar-refractivity contribution in [2.45, 2.75) is 253 Å². The molecule has 0 spiro atoms. The highest BCUT2D eigenvalue weighted by molar-refractivity contribution is 5.69. The lowest BCUT2D eigenvalue weighted by Crippen LogP contribution is -2.04. The van der Waals surface area contributed by atoms with Crippen LogP contribution in [0.15, 0.2) is 11.6 Å². The molecule has 0 amide bonds. The van der Waals surface area contributed by atoms with Gasteiger partial charge in [0, 0.05) is 6.42 Å². The van der Waals surface area contributed by atoms with E-state index in [1.807, 2.05) is 0 Å². The summed E-state index contributed by atoms with van der Waals surface area (Å²) in [4.78, 5) is 12.1. The zero-order valence-electron chi connectivity index (χ0n) is 34.2. The number of ether oxygens (including phenoxy) is 1. The van der Waals surface area contributed by atoms with Crippen molar-refractivity contribution in [1.82, 2.24) is 0 Å². The van der Waals surface area contributed by atoms with Crippen molar-refractivity contribution < 1.29 is 9.53 Å². The van der Waals surface area contributed by atoms with Crippen molar-refractivity contribution >= 4 is 5.97 Å². The highest BCUT2D eigenvalue weighted by Crippen LogP contribution is 2.22. The van der Waals surface area contributed by atoms with Gasteiger partial charge in [-0.05, 0) is 50.0 Å². The quantitative estimate of drug-likeness (QED) is 0.0370. The summed E-state index contributed by atoms with van der Waals surface area (Å²) < 4.78 is 5.49. The molecule has 0 bridgehead atoms. The number of unbranched alkanes of at least 4 members (excludes halogenated alkanes) is 22. The van der Waals surface area contributed by atoms with Gasteiger partial charge in [-0.25, -0.2) is 0 Å². The van der Waals surface area contributed by atoms with Crippen LogP contribution in [0.5, 0.6) is 0 Å². The molecule has 0 N–H and O–H groups in total. The van der Waals surface area contributed by atoms with Crippen LogP contribution in [0.4, 0.5) is 0 Å². The number of rotatable bonds is 38. The van der Waals surface area contributed by atoms with Gasteiger partial charge in [0.1, 0.15) is 6.61 Å². The second-order valence-electron chi connectivity index (χ2n) is 16.6. The Hall–Kier alpha value is -0.790. The molecule has 286 valence electrons. The standard InChI is InChI=1S/C46H90O2/c1-7-8-9-10-11-12-13-14-15-16-17-18-19-20-21-22-23-24-25-26-27-28-29-39-46(47)48-41-40-45(6)38-32-37-44(5)36-31-35-43(4)34-30-33-42(2)3/h40,42-44H,7-39,41H2,1-6H3/b45-40+/t43-,44-/m1/s1. The Morgan fingerprint density at radius 2 is 0.812 bits per heavy atom. The predicted molar refractivity (Wildman–Crippen MR) is 216 cm³/mol. The lowest BCUT2D eigenvalue weighted by atomic mass is 9.91. The average molecular weight is 675 g/mol. The van der Waals surface area contributed by atoms with Crippen LogP contribution in [0.1, 0.15) is 253 Å². The zero-order chi connectivity index (χ0) is 35.3. The molecule has 0 aliphatic carbocycles. The molecule has 0 aliphatic heterocycles. The highest BCUT2D eigenvalue weighted by atomic mass is 16.5. The minimum absolute atomic E-state index is 0.0189. The predicted octanol–water partition coefficient (Wildman–Crippen LogP) is 16.3. The van der Waals surface area contributed by atoms with Crippen molar-refractivity contribution in [3.8, 4) is 0 Å². The van der Waals surface area contributed by atoms with Gasteiger partial charge in [-0.15, -0.1) is 0 Å². The van der Waals surface area contributed by atoms with Gasteiger partial charge < -0.3 is 4.74 Å². The minimum Gasteiger partial charge on any atom is -0.461 e. The number of esters is 1. The summed E-state index contributed by atoms with van der Waals surface area (Å²) in [5.41, 5.74) is 1.37. The first-order valence-electron chi connectivity index (χ1n) is 22.2. The molecule has 0 aromatic rings. The van der Waals surface area contributed by atoms with Crippen molar-refractivity contribution in [3.05, 3.63) is 11.6 Å². The normalized spacial score (nSPS) is 13.4. The summed E-state index contributed by atoms with van der Waals surface area (Å²) in [7, 11) is 0. The summed E-state index contributed by atoms with van der Waals surface area (Å²) in [5, 5.41) is 0. The fourth-order valence-electron chi connectivity index (χ4n) is 7.21. The van der Waals surface area contributed by atoms with Crippen molar-refractivity contribution in [3.63, 3.8) is 0 Å². The Bertz CT molecular complexity index is 680.